The second-order valence-corrected chi connectivity index (χ2v) is 9.98. The van der Waals surface area contributed by atoms with Crippen molar-refractivity contribution in [1.29, 1.82) is 0 Å². The highest BCUT2D eigenvalue weighted by Gasteiger charge is 2.31. The van der Waals surface area contributed by atoms with Gasteiger partial charge in [-0.1, -0.05) is 61.8 Å². The number of nitrogens with zero attached hydrogens (tertiary/aromatic N) is 3. The van der Waals surface area contributed by atoms with Crippen LogP contribution >= 0.6 is 11.6 Å². The third-order valence-electron chi connectivity index (χ3n) is 6.92. The lowest BCUT2D eigenvalue weighted by atomic mass is 9.94. The molecule has 0 saturated carbocycles. The first kappa shape index (κ1) is 23.6. The molecule has 1 fully saturated rings. The van der Waals surface area contributed by atoms with Crippen molar-refractivity contribution < 1.29 is 0 Å². The molecule has 1 atom stereocenters. The van der Waals surface area contributed by atoms with Crippen LogP contribution < -0.4 is 15.8 Å². The molecule has 2 aromatic carbocycles. The van der Waals surface area contributed by atoms with Crippen molar-refractivity contribution in [2.24, 2.45) is 7.05 Å². The van der Waals surface area contributed by atoms with Gasteiger partial charge in [-0.05, 0) is 52.9 Å². The average Bonchev–Trinajstić information content (AvgIpc) is 3.33. The molecule has 1 aliphatic rings. The predicted molar refractivity (Wildman–Crippen MR) is 146 cm³/mol. The summed E-state index contributed by atoms with van der Waals surface area (Å²) in [5, 5.41) is 6.40. The van der Waals surface area contributed by atoms with Gasteiger partial charge in [0.05, 0.1) is 10.6 Å². The Balaban J connectivity index is 1.73. The van der Waals surface area contributed by atoms with Crippen LogP contribution in [0.5, 0.6) is 0 Å². The van der Waals surface area contributed by atoms with Gasteiger partial charge in [0, 0.05) is 50.2 Å². The zero-order valence-corrected chi connectivity index (χ0v) is 21.2. The highest BCUT2D eigenvalue weighted by Crippen LogP contribution is 2.42. The van der Waals surface area contributed by atoms with Crippen molar-refractivity contribution >= 4 is 28.2 Å². The molecular weight excluding hydrogens is 456 g/mol. The Morgan fingerprint density at radius 1 is 1.03 bits per heavy atom. The fourth-order valence-electron chi connectivity index (χ4n) is 5.16. The van der Waals surface area contributed by atoms with E-state index in [1.165, 1.54) is 0 Å². The molecule has 0 aliphatic carbocycles. The van der Waals surface area contributed by atoms with E-state index in [9.17, 15) is 4.79 Å². The van der Waals surface area contributed by atoms with Gasteiger partial charge in [-0.2, -0.15) is 0 Å². The van der Waals surface area contributed by atoms with E-state index < -0.39 is 0 Å². The summed E-state index contributed by atoms with van der Waals surface area (Å²) in [6.07, 6.45) is 5.64. The molecule has 35 heavy (non-hydrogen) atoms. The summed E-state index contributed by atoms with van der Waals surface area (Å²) in [7, 11) is 1.84. The normalized spacial score (nSPS) is 15.9. The standard InChI is InChI=1S/C29H31ClN4O/c1-19(2)32-18-24-9-6-16-34(24)28-27(30)25(21-12-14-31-15-13-21)26(29(35)33(28)3)23-11-10-20-7-4-5-8-22(20)17-23/h4-5,7-8,10-15,17,19,24,32H,6,9,16,18H2,1-3H3. The Kier molecular flexibility index (Phi) is 6.63. The molecule has 4 aromatic rings. The van der Waals surface area contributed by atoms with Crippen molar-refractivity contribution in [3.05, 3.63) is 82.4 Å². The Bertz CT molecular complexity index is 1410. The molecule has 1 unspecified atom stereocenters. The van der Waals surface area contributed by atoms with Crippen molar-refractivity contribution in [2.75, 3.05) is 18.0 Å². The van der Waals surface area contributed by atoms with Crippen LogP contribution in [-0.2, 0) is 7.05 Å². The topological polar surface area (TPSA) is 50.2 Å². The molecule has 1 aliphatic heterocycles. The smallest absolute Gasteiger partial charge is 0.260 e. The number of hydrogen-bond acceptors (Lipinski definition) is 4. The Morgan fingerprint density at radius 3 is 2.51 bits per heavy atom. The van der Waals surface area contributed by atoms with E-state index >= 15 is 0 Å². The van der Waals surface area contributed by atoms with Crippen molar-refractivity contribution in [2.45, 2.75) is 38.8 Å². The van der Waals surface area contributed by atoms with Crippen LogP contribution in [-0.4, -0.2) is 34.7 Å². The lowest BCUT2D eigenvalue weighted by Gasteiger charge is -2.31. The summed E-state index contributed by atoms with van der Waals surface area (Å²) in [4.78, 5) is 20.6. The minimum absolute atomic E-state index is 0.0473. The van der Waals surface area contributed by atoms with E-state index in [1.54, 1.807) is 17.0 Å². The lowest BCUT2D eigenvalue weighted by molar-refractivity contribution is 0.519. The number of anilines is 1. The van der Waals surface area contributed by atoms with Gasteiger partial charge in [0.15, 0.2) is 0 Å². The van der Waals surface area contributed by atoms with Crippen molar-refractivity contribution in [1.82, 2.24) is 14.9 Å². The van der Waals surface area contributed by atoms with Crippen LogP contribution in [0.3, 0.4) is 0 Å². The number of nitrogens with one attached hydrogen (secondary N) is 1. The Morgan fingerprint density at radius 2 is 1.77 bits per heavy atom. The SMILES string of the molecule is CC(C)NCC1CCCN1c1c(Cl)c(-c2ccncc2)c(-c2ccc3ccccc3c2)c(=O)n1C. The molecule has 0 spiro atoms. The molecule has 1 saturated heterocycles. The van der Waals surface area contributed by atoms with Gasteiger partial charge in [0.1, 0.15) is 5.82 Å². The minimum atomic E-state index is -0.0473. The predicted octanol–water partition coefficient (Wildman–Crippen LogP) is 5.89. The molecule has 0 bridgehead atoms. The van der Waals surface area contributed by atoms with Crippen molar-refractivity contribution in [3.8, 4) is 22.3 Å². The van der Waals surface area contributed by atoms with Crippen LogP contribution in [0, 0.1) is 0 Å². The first-order valence-corrected chi connectivity index (χ1v) is 12.7. The molecule has 0 radical (unpaired) electrons. The number of aromatic nitrogens is 2. The summed E-state index contributed by atoms with van der Waals surface area (Å²) < 4.78 is 1.74. The van der Waals surface area contributed by atoms with Gasteiger partial charge in [-0.15, -0.1) is 0 Å². The number of pyridine rings is 2. The summed E-state index contributed by atoms with van der Waals surface area (Å²) >= 11 is 7.26. The number of hydrogen-bond donors (Lipinski definition) is 1. The fraction of sp³-hybridized carbons (Fsp3) is 0.310. The van der Waals surface area contributed by atoms with Crippen LogP contribution in [0.1, 0.15) is 26.7 Å². The zero-order valence-electron chi connectivity index (χ0n) is 20.5. The third kappa shape index (κ3) is 4.46. The van der Waals surface area contributed by atoms with E-state index in [1.807, 2.05) is 37.4 Å². The van der Waals surface area contributed by atoms with E-state index in [2.05, 4.69) is 53.3 Å². The van der Waals surface area contributed by atoms with Crippen molar-refractivity contribution in [3.63, 3.8) is 0 Å². The monoisotopic (exact) mass is 486 g/mol. The second-order valence-electron chi connectivity index (χ2n) is 9.60. The lowest BCUT2D eigenvalue weighted by Crippen LogP contribution is -2.42. The molecular formula is C29H31ClN4O. The molecule has 5 nitrogen and oxygen atoms in total. The third-order valence-corrected chi connectivity index (χ3v) is 7.28. The molecule has 1 N–H and O–H groups in total. The van der Waals surface area contributed by atoms with Gasteiger partial charge in [0.2, 0.25) is 0 Å². The summed E-state index contributed by atoms with van der Waals surface area (Å²) in [6.45, 7) is 6.05. The van der Waals surface area contributed by atoms with E-state index in [0.29, 0.717) is 16.6 Å². The maximum atomic E-state index is 14.0. The van der Waals surface area contributed by atoms with Gasteiger partial charge in [0.25, 0.3) is 5.56 Å². The van der Waals surface area contributed by atoms with Crippen LogP contribution in [0.4, 0.5) is 5.82 Å². The van der Waals surface area contributed by atoms with E-state index in [0.717, 1.165) is 59.2 Å². The van der Waals surface area contributed by atoms with Gasteiger partial charge in [-0.3, -0.25) is 14.3 Å². The first-order chi connectivity index (χ1) is 17.0. The highest BCUT2D eigenvalue weighted by atomic mass is 35.5. The first-order valence-electron chi connectivity index (χ1n) is 12.3. The largest absolute Gasteiger partial charge is 0.352 e. The second kappa shape index (κ2) is 9.84. The molecule has 2 aromatic heterocycles. The zero-order chi connectivity index (χ0) is 24.5. The molecule has 3 heterocycles. The summed E-state index contributed by atoms with van der Waals surface area (Å²) in [6, 6.07) is 18.9. The summed E-state index contributed by atoms with van der Waals surface area (Å²) in [5.41, 5.74) is 3.10. The summed E-state index contributed by atoms with van der Waals surface area (Å²) in [5.74, 6) is 0.793. The van der Waals surface area contributed by atoms with Gasteiger partial charge < -0.3 is 10.2 Å². The van der Waals surface area contributed by atoms with E-state index in [4.69, 9.17) is 11.6 Å². The molecule has 6 heteroatoms. The number of halogens is 1. The number of fused-ring (bicyclic) bond motifs is 1. The molecule has 0 amide bonds. The van der Waals surface area contributed by atoms with Crippen LogP contribution in [0.15, 0.2) is 71.8 Å². The minimum Gasteiger partial charge on any atom is -0.352 e. The van der Waals surface area contributed by atoms with Gasteiger partial charge in [-0.25, -0.2) is 0 Å². The number of benzene rings is 2. The maximum absolute atomic E-state index is 14.0. The Hall–Kier alpha value is -3.15. The van der Waals surface area contributed by atoms with Crippen LogP contribution in [0.25, 0.3) is 33.0 Å². The van der Waals surface area contributed by atoms with Crippen LogP contribution in [0.2, 0.25) is 5.02 Å². The van der Waals surface area contributed by atoms with E-state index in [-0.39, 0.29) is 11.6 Å². The molecule has 5 rings (SSSR count). The number of rotatable bonds is 6. The highest BCUT2D eigenvalue weighted by molar-refractivity contribution is 6.36. The Labute approximate surface area is 211 Å². The quantitative estimate of drug-likeness (QED) is 0.369. The maximum Gasteiger partial charge on any atom is 0.260 e. The molecule has 180 valence electrons. The van der Waals surface area contributed by atoms with Gasteiger partial charge >= 0.3 is 0 Å². The average molecular weight is 487 g/mol. The fourth-order valence-corrected chi connectivity index (χ4v) is 5.60.